The normalized spacial score (nSPS) is 16.7. The summed E-state index contributed by atoms with van der Waals surface area (Å²) in [4.78, 5) is 1.52. The van der Waals surface area contributed by atoms with Gasteiger partial charge in [-0.15, -0.1) is 21.5 Å². The lowest BCUT2D eigenvalue weighted by Crippen LogP contribution is -2.10. The van der Waals surface area contributed by atoms with Crippen molar-refractivity contribution >= 4 is 23.1 Å². The van der Waals surface area contributed by atoms with Gasteiger partial charge in [0, 0.05) is 28.1 Å². The van der Waals surface area contributed by atoms with Gasteiger partial charge >= 0.3 is 0 Å². The van der Waals surface area contributed by atoms with Gasteiger partial charge in [0.05, 0.1) is 0 Å². The van der Waals surface area contributed by atoms with Crippen LogP contribution in [-0.4, -0.2) is 14.8 Å². The molecule has 1 aliphatic rings. The summed E-state index contributed by atoms with van der Waals surface area (Å²) in [6, 6.07) is 6.66. The number of aromatic nitrogens is 3. The largest absolute Gasteiger partial charge is 0.302 e. The molecule has 4 rings (SSSR count). The number of hydrogen-bond acceptors (Lipinski definition) is 4. The summed E-state index contributed by atoms with van der Waals surface area (Å²) in [5.74, 6) is 2.33. The fourth-order valence-electron chi connectivity index (χ4n) is 3.47. The maximum Gasteiger partial charge on any atom is 0.191 e. The van der Waals surface area contributed by atoms with Crippen LogP contribution in [0.5, 0.6) is 0 Å². The maximum absolute atomic E-state index is 13.1. The Labute approximate surface area is 161 Å². The van der Waals surface area contributed by atoms with Crippen molar-refractivity contribution in [3.8, 4) is 11.4 Å². The Hall–Kier alpha value is -1.66. The van der Waals surface area contributed by atoms with Gasteiger partial charge in [0.25, 0.3) is 0 Å². The van der Waals surface area contributed by atoms with E-state index in [2.05, 4.69) is 34.0 Å². The van der Waals surface area contributed by atoms with Crippen LogP contribution in [0.2, 0.25) is 0 Å². The highest BCUT2D eigenvalue weighted by molar-refractivity contribution is 7.98. The van der Waals surface area contributed by atoms with Crippen LogP contribution in [0, 0.1) is 11.7 Å². The van der Waals surface area contributed by atoms with Gasteiger partial charge in [-0.2, -0.15) is 0 Å². The Morgan fingerprint density at radius 3 is 2.85 bits per heavy atom. The van der Waals surface area contributed by atoms with Gasteiger partial charge in [0.1, 0.15) is 5.82 Å². The summed E-state index contributed by atoms with van der Waals surface area (Å²) in [6.45, 7) is 5.31. The van der Waals surface area contributed by atoms with Crippen LogP contribution in [0.25, 0.3) is 11.4 Å². The van der Waals surface area contributed by atoms with E-state index in [9.17, 15) is 4.39 Å². The standard InChI is InChI=1S/C20H22FN3S2/c1-3-24-19(17-12-25-18-10-13(2)4-9-16(17)18)22-23-20(24)26-11-14-5-7-15(21)8-6-14/h5-8,12-13H,3-4,9-11H2,1-2H3. The minimum atomic E-state index is -0.200. The highest BCUT2D eigenvalue weighted by Gasteiger charge is 2.24. The van der Waals surface area contributed by atoms with Crippen molar-refractivity contribution in [3.05, 3.63) is 51.5 Å². The van der Waals surface area contributed by atoms with Gasteiger partial charge in [0.15, 0.2) is 11.0 Å². The molecular formula is C20H22FN3S2. The Morgan fingerprint density at radius 2 is 2.08 bits per heavy atom. The molecule has 0 amide bonds. The third kappa shape index (κ3) is 3.45. The van der Waals surface area contributed by atoms with E-state index in [4.69, 9.17) is 0 Å². The van der Waals surface area contributed by atoms with Crippen LogP contribution in [0.3, 0.4) is 0 Å². The second-order valence-electron chi connectivity index (χ2n) is 6.86. The Kier molecular flexibility index (Phi) is 5.14. The Morgan fingerprint density at radius 1 is 1.27 bits per heavy atom. The molecule has 1 unspecified atom stereocenters. The van der Waals surface area contributed by atoms with E-state index in [-0.39, 0.29) is 5.82 Å². The van der Waals surface area contributed by atoms with E-state index in [0.29, 0.717) is 0 Å². The zero-order valence-corrected chi connectivity index (χ0v) is 16.7. The molecule has 0 radical (unpaired) electrons. The van der Waals surface area contributed by atoms with Crippen molar-refractivity contribution in [2.75, 3.05) is 0 Å². The first-order valence-corrected chi connectivity index (χ1v) is 10.9. The van der Waals surface area contributed by atoms with Crippen LogP contribution in [0.15, 0.2) is 34.8 Å². The first-order chi connectivity index (χ1) is 12.7. The summed E-state index contributed by atoms with van der Waals surface area (Å²) < 4.78 is 15.3. The number of rotatable bonds is 5. The van der Waals surface area contributed by atoms with Crippen molar-refractivity contribution in [1.82, 2.24) is 14.8 Å². The maximum atomic E-state index is 13.1. The van der Waals surface area contributed by atoms with Crippen LogP contribution in [-0.2, 0) is 25.1 Å². The van der Waals surface area contributed by atoms with E-state index in [1.54, 1.807) is 11.8 Å². The number of fused-ring (bicyclic) bond motifs is 1. The van der Waals surface area contributed by atoms with Gasteiger partial charge in [-0.1, -0.05) is 30.8 Å². The second-order valence-corrected chi connectivity index (χ2v) is 8.77. The predicted octanol–water partition coefficient (Wildman–Crippen LogP) is 5.58. The van der Waals surface area contributed by atoms with E-state index < -0.39 is 0 Å². The SMILES string of the molecule is CCn1c(SCc2ccc(F)cc2)nnc1-c1csc2c1CCC(C)C2. The van der Waals surface area contributed by atoms with Crippen molar-refractivity contribution in [1.29, 1.82) is 0 Å². The van der Waals surface area contributed by atoms with Crippen molar-refractivity contribution in [2.45, 2.75) is 50.6 Å². The van der Waals surface area contributed by atoms with E-state index in [1.165, 1.54) is 41.0 Å². The molecule has 0 saturated heterocycles. The fourth-order valence-corrected chi connectivity index (χ4v) is 5.67. The minimum Gasteiger partial charge on any atom is -0.302 e. The zero-order chi connectivity index (χ0) is 18.1. The van der Waals surface area contributed by atoms with Gasteiger partial charge in [-0.25, -0.2) is 4.39 Å². The Balaban J connectivity index is 1.58. The quantitative estimate of drug-likeness (QED) is 0.535. The molecule has 2 heterocycles. The molecule has 2 aromatic heterocycles. The van der Waals surface area contributed by atoms with Crippen molar-refractivity contribution < 1.29 is 4.39 Å². The molecule has 0 N–H and O–H groups in total. The molecule has 136 valence electrons. The number of benzene rings is 1. The topological polar surface area (TPSA) is 30.7 Å². The molecule has 0 aliphatic heterocycles. The average Bonchev–Trinajstić information content (AvgIpc) is 3.23. The highest BCUT2D eigenvalue weighted by atomic mass is 32.2. The second kappa shape index (κ2) is 7.53. The average molecular weight is 388 g/mol. The first-order valence-electron chi connectivity index (χ1n) is 9.05. The summed E-state index contributed by atoms with van der Waals surface area (Å²) in [5, 5.41) is 12.2. The van der Waals surface area contributed by atoms with Gasteiger partial charge < -0.3 is 4.57 Å². The minimum absolute atomic E-state index is 0.200. The predicted molar refractivity (Wildman–Crippen MR) is 106 cm³/mol. The molecule has 0 spiro atoms. The smallest absolute Gasteiger partial charge is 0.191 e. The molecule has 3 nitrogen and oxygen atoms in total. The molecule has 6 heteroatoms. The number of thiophene rings is 1. The van der Waals surface area contributed by atoms with E-state index >= 15 is 0 Å². The zero-order valence-electron chi connectivity index (χ0n) is 15.0. The molecule has 0 bridgehead atoms. The van der Waals surface area contributed by atoms with Crippen LogP contribution >= 0.6 is 23.1 Å². The lowest BCUT2D eigenvalue weighted by atomic mass is 9.88. The van der Waals surface area contributed by atoms with Gasteiger partial charge in [0.2, 0.25) is 0 Å². The van der Waals surface area contributed by atoms with Crippen molar-refractivity contribution in [2.24, 2.45) is 5.92 Å². The highest BCUT2D eigenvalue weighted by Crippen LogP contribution is 2.38. The summed E-state index contributed by atoms with van der Waals surface area (Å²) in [7, 11) is 0. The number of nitrogens with zero attached hydrogens (tertiary/aromatic N) is 3. The summed E-state index contributed by atoms with van der Waals surface area (Å²) in [6.07, 6.45) is 3.58. The van der Waals surface area contributed by atoms with Gasteiger partial charge in [-0.3, -0.25) is 0 Å². The van der Waals surface area contributed by atoms with E-state index in [0.717, 1.165) is 41.2 Å². The van der Waals surface area contributed by atoms with Crippen LogP contribution in [0.1, 0.15) is 36.3 Å². The molecule has 1 aromatic carbocycles. The first kappa shape index (κ1) is 17.7. The molecule has 1 atom stereocenters. The van der Waals surface area contributed by atoms with Crippen LogP contribution < -0.4 is 0 Å². The molecule has 1 aliphatic carbocycles. The van der Waals surface area contributed by atoms with Crippen molar-refractivity contribution in [3.63, 3.8) is 0 Å². The summed E-state index contributed by atoms with van der Waals surface area (Å²) >= 11 is 3.52. The molecular weight excluding hydrogens is 365 g/mol. The van der Waals surface area contributed by atoms with Crippen LogP contribution in [0.4, 0.5) is 4.39 Å². The lowest BCUT2D eigenvalue weighted by molar-refractivity contribution is 0.508. The third-order valence-electron chi connectivity index (χ3n) is 4.96. The molecule has 3 aromatic rings. The van der Waals surface area contributed by atoms with Gasteiger partial charge in [-0.05, 0) is 55.4 Å². The monoisotopic (exact) mass is 387 g/mol. The molecule has 0 saturated carbocycles. The third-order valence-corrected chi connectivity index (χ3v) is 7.05. The number of hydrogen-bond donors (Lipinski definition) is 0. The lowest BCUT2D eigenvalue weighted by Gasteiger charge is -2.19. The fraction of sp³-hybridized carbons (Fsp3) is 0.400. The Bertz CT molecular complexity index is 898. The number of halogens is 1. The number of thioether (sulfide) groups is 1. The molecule has 0 fully saturated rings. The summed E-state index contributed by atoms with van der Waals surface area (Å²) in [5.41, 5.74) is 3.83. The molecule has 26 heavy (non-hydrogen) atoms. The van der Waals surface area contributed by atoms with E-state index in [1.807, 2.05) is 23.5 Å².